The Hall–Kier alpha value is -3.55. The lowest BCUT2D eigenvalue weighted by Gasteiger charge is -2.37. The topological polar surface area (TPSA) is 99.2 Å². The molecule has 3 rings (SSSR count). The fourth-order valence-corrected chi connectivity index (χ4v) is 4.07. The molecule has 2 N–H and O–H groups in total. The van der Waals surface area contributed by atoms with Crippen molar-refractivity contribution in [2.45, 2.75) is 46.3 Å². The van der Waals surface area contributed by atoms with Gasteiger partial charge in [-0.25, -0.2) is 9.59 Å². The summed E-state index contributed by atoms with van der Waals surface area (Å²) in [4.78, 5) is 40.4. The molecule has 8 heteroatoms. The summed E-state index contributed by atoms with van der Waals surface area (Å²) >= 11 is 0. The van der Waals surface area contributed by atoms with E-state index in [-0.39, 0.29) is 25.4 Å². The van der Waals surface area contributed by atoms with Crippen LogP contribution >= 0.6 is 0 Å². The smallest absolute Gasteiger partial charge is 0.408 e. The lowest BCUT2D eigenvalue weighted by Crippen LogP contribution is -2.49. The first-order valence-corrected chi connectivity index (χ1v) is 11.5. The molecule has 2 aromatic rings. The third kappa shape index (κ3) is 6.73. The number of anilines is 1. The zero-order chi connectivity index (χ0) is 24.7. The fraction of sp³-hybridized carbons (Fsp3) is 0.423. The van der Waals surface area contributed by atoms with Crippen molar-refractivity contribution in [2.24, 2.45) is 0 Å². The largest absolute Gasteiger partial charge is 0.480 e. The maximum atomic E-state index is 12.7. The van der Waals surface area contributed by atoms with Gasteiger partial charge in [-0.2, -0.15) is 0 Å². The van der Waals surface area contributed by atoms with E-state index in [1.807, 2.05) is 30.3 Å². The number of aliphatic carboxylic acids is 1. The Labute approximate surface area is 200 Å². The van der Waals surface area contributed by atoms with Gasteiger partial charge >= 0.3 is 12.1 Å². The van der Waals surface area contributed by atoms with E-state index in [1.54, 1.807) is 4.90 Å². The Kier molecular flexibility index (Phi) is 8.51. The summed E-state index contributed by atoms with van der Waals surface area (Å²) in [5.74, 6) is -1.30. The van der Waals surface area contributed by atoms with E-state index in [9.17, 15) is 19.5 Å². The molecule has 1 atom stereocenters. The van der Waals surface area contributed by atoms with Gasteiger partial charge in [0.05, 0.1) is 0 Å². The van der Waals surface area contributed by atoms with Crippen molar-refractivity contribution in [1.82, 2.24) is 10.2 Å². The second-order valence-corrected chi connectivity index (χ2v) is 8.73. The number of carbonyl (C=O) groups is 3. The molecule has 0 spiro atoms. The van der Waals surface area contributed by atoms with Crippen LogP contribution in [0.4, 0.5) is 10.5 Å². The van der Waals surface area contributed by atoms with Crippen LogP contribution in [0.2, 0.25) is 0 Å². The number of rotatable bonds is 8. The van der Waals surface area contributed by atoms with Crippen molar-refractivity contribution in [2.75, 3.05) is 31.1 Å². The predicted octanol–water partition coefficient (Wildman–Crippen LogP) is 3.42. The Morgan fingerprint density at radius 3 is 2.26 bits per heavy atom. The van der Waals surface area contributed by atoms with Crippen molar-refractivity contribution in [3.8, 4) is 0 Å². The van der Waals surface area contributed by atoms with Gasteiger partial charge in [0, 0.05) is 38.3 Å². The van der Waals surface area contributed by atoms with Gasteiger partial charge < -0.3 is 25.0 Å². The number of ether oxygens (including phenoxy) is 1. The van der Waals surface area contributed by atoms with Crippen molar-refractivity contribution >= 4 is 23.7 Å². The van der Waals surface area contributed by atoms with E-state index < -0.39 is 18.1 Å². The second kappa shape index (κ2) is 11.5. The maximum Gasteiger partial charge on any atom is 0.408 e. The molecule has 1 fully saturated rings. The van der Waals surface area contributed by atoms with Crippen LogP contribution in [0.25, 0.3) is 0 Å². The summed E-state index contributed by atoms with van der Waals surface area (Å²) in [7, 11) is 0. The van der Waals surface area contributed by atoms with E-state index in [0.29, 0.717) is 13.1 Å². The average Bonchev–Trinajstić information content (AvgIpc) is 2.83. The molecule has 2 amide bonds. The standard InChI is InChI=1S/C26H33N3O5/c1-18-15-20(3)23(16-19(18)2)28-11-13-29(14-12-28)24(30)10-9-22(25(31)32)27-26(33)34-17-21-7-5-4-6-8-21/h4-8,15-16,22H,9-14,17H2,1-3H3,(H,27,33)(H,31,32)/t22-/m0/s1. The van der Waals surface area contributed by atoms with Crippen LogP contribution in [0.5, 0.6) is 0 Å². The molecule has 2 aromatic carbocycles. The Balaban J connectivity index is 1.46. The molecular weight excluding hydrogens is 434 g/mol. The van der Waals surface area contributed by atoms with Gasteiger partial charge in [-0.1, -0.05) is 36.4 Å². The molecule has 1 heterocycles. The number of piperazine rings is 1. The van der Waals surface area contributed by atoms with Gasteiger partial charge in [0.15, 0.2) is 0 Å². The number of aryl methyl sites for hydroxylation is 3. The third-order valence-corrected chi connectivity index (χ3v) is 6.24. The minimum Gasteiger partial charge on any atom is -0.480 e. The zero-order valence-electron chi connectivity index (χ0n) is 20.0. The highest BCUT2D eigenvalue weighted by Gasteiger charge is 2.26. The lowest BCUT2D eigenvalue weighted by atomic mass is 10.0. The summed E-state index contributed by atoms with van der Waals surface area (Å²) < 4.78 is 5.10. The van der Waals surface area contributed by atoms with Crippen LogP contribution in [-0.2, 0) is 20.9 Å². The van der Waals surface area contributed by atoms with Crippen molar-refractivity contribution in [3.05, 3.63) is 64.7 Å². The number of hydrogen-bond acceptors (Lipinski definition) is 5. The summed E-state index contributed by atoms with van der Waals surface area (Å²) in [6, 6.07) is 12.3. The van der Waals surface area contributed by atoms with E-state index in [2.05, 4.69) is 43.1 Å². The molecule has 182 valence electrons. The van der Waals surface area contributed by atoms with Gasteiger partial charge in [-0.15, -0.1) is 0 Å². The molecule has 0 saturated carbocycles. The Morgan fingerprint density at radius 2 is 1.62 bits per heavy atom. The van der Waals surface area contributed by atoms with Gasteiger partial charge in [-0.3, -0.25) is 4.79 Å². The van der Waals surface area contributed by atoms with Crippen molar-refractivity contribution in [3.63, 3.8) is 0 Å². The number of nitrogens with one attached hydrogen (secondary N) is 1. The number of alkyl carbamates (subject to hydrolysis) is 1. The third-order valence-electron chi connectivity index (χ3n) is 6.24. The van der Waals surface area contributed by atoms with Gasteiger partial charge in [0.1, 0.15) is 12.6 Å². The van der Waals surface area contributed by atoms with Crippen LogP contribution in [0.15, 0.2) is 42.5 Å². The molecule has 0 radical (unpaired) electrons. The van der Waals surface area contributed by atoms with E-state index >= 15 is 0 Å². The number of carboxylic acids is 1. The van der Waals surface area contributed by atoms with Crippen LogP contribution < -0.4 is 10.2 Å². The maximum absolute atomic E-state index is 12.7. The number of amides is 2. The molecule has 0 aromatic heterocycles. The highest BCUT2D eigenvalue weighted by Crippen LogP contribution is 2.25. The first-order valence-electron chi connectivity index (χ1n) is 11.5. The first kappa shape index (κ1) is 25.1. The summed E-state index contributed by atoms with van der Waals surface area (Å²) in [5, 5.41) is 11.8. The van der Waals surface area contributed by atoms with Crippen molar-refractivity contribution < 1.29 is 24.2 Å². The van der Waals surface area contributed by atoms with E-state index in [1.165, 1.54) is 22.4 Å². The Morgan fingerprint density at radius 1 is 0.971 bits per heavy atom. The van der Waals surface area contributed by atoms with Crippen LogP contribution in [0.3, 0.4) is 0 Å². The minimum absolute atomic E-state index is 0.00504. The quantitative estimate of drug-likeness (QED) is 0.617. The van der Waals surface area contributed by atoms with E-state index in [4.69, 9.17) is 4.74 Å². The normalized spacial score (nSPS) is 14.4. The molecule has 8 nitrogen and oxygen atoms in total. The van der Waals surface area contributed by atoms with Crippen molar-refractivity contribution in [1.29, 1.82) is 0 Å². The zero-order valence-corrected chi connectivity index (χ0v) is 20.0. The Bertz CT molecular complexity index is 1020. The van der Waals surface area contributed by atoms with Crippen LogP contribution in [0.1, 0.15) is 35.1 Å². The first-order chi connectivity index (χ1) is 16.2. The number of hydrogen-bond donors (Lipinski definition) is 2. The SMILES string of the molecule is Cc1cc(C)c(N2CCN(C(=O)CC[C@H](NC(=O)OCc3ccccc3)C(=O)O)CC2)cc1C. The molecule has 1 aliphatic heterocycles. The monoisotopic (exact) mass is 467 g/mol. The number of carboxylic acid groups (broad SMARTS) is 1. The minimum atomic E-state index is -1.19. The summed E-state index contributed by atoms with van der Waals surface area (Å²) in [6.45, 7) is 8.95. The summed E-state index contributed by atoms with van der Waals surface area (Å²) in [5.41, 5.74) is 5.72. The number of benzene rings is 2. The van der Waals surface area contributed by atoms with Gasteiger partial charge in [0.2, 0.25) is 5.91 Å². The fourth-order valence-electron chi connectivity index (χ4n) is 4.07. The predicted molar refractivity (Wildman–Crippen MR) is 130 cm³/mol. The van der Waals surface area contributed by atoms with Gasteiger partial charge in [-0.05, 0) is 55.5 Å². The lowest BCUT2D eigenvalue weighted by molar-refractivity contribution is -0.140. The molecule has 0 aliphatic carbocycles. The molecule has 1 saturated heterocycles. The average molecular weight is 468 g/mol. The second-order valence-electron chi connectivity index (χ2n) is 8.73. The highest BCUT2D eigenvalue weighted by molar-refractivity contribution is 5.82. The summed E-state index contributed by atoms with van der Waals surface area (Å²) in [6.07, 6.45) is -0.773. The molecule has 1 aliphatic rings. The molecule has 34 heavy (non-hydrogen) atoms. The number of carbonyl (C=O) groups excluding carboxylic acids is 2. The van der Waals surface area contributed by atoms with Gasteiger partial charge in [0.25, 0.3) is 0 Å². The number of nitrogens with zero attached hydrogens (tertiary/aromatic N) is 2. The molecule has 0 bridgehead atoms. The van der Waals surface area contributed by atoms with E-state index in [0.717, 1.165) is 18.7 Å². The highest BCUT2D eigenvalue weighted by atomic mass is 16.5. The molecule has 0 unspecified atom stereocenters. The molecular formula is C26H33N3O5. The van der Waals surface area contributed by atoms with Crippen LogP contribution in [-0.4, -0.2) is 60.2 Å². The van der Waals surface area contributed by atoms with Crippen LogP contribution in [0, 0.1) is 20.8 Å².